The highest BCUT2D eigenvalue weighted by atomic mass is 16.6. The molecule has 1 fully saturated rings. The van der Waals surface area contributed by atoms with Gasteiger partial charge in [0.1, 0.15) is 18.7 Å². The molecule has 168 valence electrons. The largest absolute Gasteiger partial charge is 0.445 e. The molecule has 32 heavy (non-hydrogen) atoms. The van der Waals surface area contributed by atoms with Crippen molar-refractivity contribution in [3.8, 4) is 0 Å². The van der Waals surface area contributed by atoms with Gasteiger partial charge in [-0.25, -0.2) is 4.79 Å². The fourth-order valence-electron chi connectivity index (χ4n) is 3.63. The van der Waals surface area contributed by atoms with Crippen LogP contribution >= 0.6 is 0 Å². The van der Waals surface area contributed by atoms with Crippen molar-refractivity contribution < 1.29 is 24.0 Å². The van der Waals surface area contributed by atoms with Crippen LogP contribution in [0.15, 0.2) is 54.6 Å². The topological polar surface area (TPSA) is 145 Å². The number of hydrogen-bond donors (Lipinski definition) is 2. The normalized spacial score (nSPS) is 16.2. The molecule has 3 amide bonds. The molecule has 0 saturated carbocycles. The molecule has 0 bridgehead atoms. The first-order valence-electron chi connectivity index (χ1n) is 10.2. The van der Waals surface area contributed by atoms with E-state index < -0.39 is 34.9 Å². The van der Waals surface area contributed by atoms with Crippen LogP contribution in [0.25, 0.3) is 0 Å². The van der Waals surface area contributed by atoms with E-state index in [1.807, 2.05) is 30.3 Å². The third kappa shape index (κ3) is 5.60. The number of nitro groups is 1. The highest BCUT2D eigenvalue weighted by Crippen LogP contribution is 2.21. The van der Waals surface area contributed by atoms with Gasteiger partial charge >= 0.3 is 6.09 Å². The van der Waals surface area contributed by atoms with Gasteiger partial charge in [0.15, 0.2) is 0 Å². The molecule has 2 aromatic carbocycles. The van der Waals surface area contributed by atoms with Crippen LogP contribution in [-0.2, 0) is 27.4 Å². The van der Waals surface area contributed by atoms with Crippen molar-refractivity contribution in [3.63, 3.8) is 0 Å². The zero-order chi connectivity index (χ0) is 23.1. The fraction of sp³-hybridized carbons (Fsp3) is 0.318. The Morgan fingerprint density at radius 2 is 1.84 bits per heavy atom. The summed E-state index contributed by atoms with van der Waals surface area (Å²) in [4.78, 5) is 49.3. The van der Waals surface area contributed by atoms with Crippen LogP contribution in [0.1, 0.15) is 24.0 Å². The Bertz CT molecular complexity index is 997. The van der Waals surface area contributed by atoms with E-state index in [4.69, 9.17) is 10.5 Å². The summed E-state index contributed by atoms with van der Waals surface area (Å²) < 4.78 is 5.32. The highest BCUT2D eigenvalue weighted by molar-refractivity contribution is 5.91. The minimum Gasteiger partial charge on any atom is -0.445 e. The van der Waals surface area contributed by atoms with Gasteiger partial charge in [0.05, 0.1) is 4.92 Å². The molecule has 0 unspecified atom stereocenters. The third-order valence-corrected chi connectivity index (χ3v) is 5.27. The van der Waals surface area contributed by atoms with Crippen molar-refractivity contribution in [1.29, 1.82) is 0 Å². The number of para-hydroxylation sites is 1. The van der Waals surface area contributed by atoms with Gasteiger partial charge in [0, 0.05) is 24.6 Å². The lowest BCUT2D eigenvalue weighted by atomic mass is 10.0. The maximum absolute atomic E-state index is 12.9. The van der Waals surface area contributed by atoms with Gasteiger partial charge in [-0.3, -0.25) is 24.6 Å². The summed E-state index contributed by atoms with van der Waals surface area (Å²) in [5.41, 5.74) is 6.36. The van der Waals surface area contributed by atoms with Crippen LogP contribution in [0.5, 0.6) is 0 Å². The van der Waals surface area contributed by atoms with E-state index in [9.17, 15) is 24.5 Å². The molecular weight excluding hydrogens is 416 g/mol. The smallest absolute Gasteiger partial charge is 0.410 e. The van der Waals surface area contributed by atoms with E-state index in [0.29, 0.717) is 19.4 Å². The molecule has 0 aromatic heterocycles. The minimum absolute atomic E-state index is 0.0755. The lowest BCUT2D eigenvalue weighted by Crippen LogP contribution is -2.53. The maximum Gasteiger partial charge on any atom is 0.410 e. The number of hydrogen-bond acceptors (Lipinski definition) is 6. The molecular formula is C22H24N4O6. The Hall–Kier alpha value is -3.95. The molecule has 3 rings (SSSR count). The first-order valence-corrected chi connectivity index (χ1v) is 10.2. The molecule has 3 N–H and O–H groups in total. The summed E-state index contributed by atoms with van der Waals surface area (Å²) in [6, 6.07) is 13.1. The zero-order valence-corrected chi connectivity index (χ0v) is 17.3. The minimum atomic E-state index is -1.16. The predicted molar refractivity (Wildman–Crippen MR) is 114 cm³/mol. The summed E-state index contributed by atoms with van der Waals surface area (Å²) in [6.45, 7) is 0.420. The molecule has 0 spiro atoms. The Kier molecular flexibility index (Phi) is 7.37. The standard InChI is InChI=1S/C22H24N4O6/c23-20(27)17(13-16-9-4-5-10-18(16)26(30)31)24-21(28)19-11-6-12-25(19)22(29)32-14-15-7-2-1-3-8-15/h1-5,7-10,17,19H,6,11-14H2,(H2,23,27)(H,24,28)/t17-,19+/m0/s1. The number of nitrogens with zero attached hydrogens (tertiary/aromatic N) is 2. The number of carbonyl (C=O) groups excluding carboxylic acids is 3. The van der Waals surface area contributed by atoms with Gasteiger partial charge in [0.25, 0.3) is 5.69 Å². The lowest BCUT2D eigenvalue weighted by Gasteiger charge is -2.25. The number of ether oxygens (including phenoxy) is 1. The van der Waals surface area contributed by atoms with Crippen LogP contribution in [0, 0.1) is 10.1 Å². The number of nitrogens with two attached hydrogens (primary N) is 1. The highest BCUT2D eigenvalue weighted by Gasteiger charge is 2.36. The third-order valence-electron chi connectivity index (χ3n) is 5.27. The summed E-state index contributed by atoms with van der Waals surface area (Å²) in [7, 11) is 0. The van der Waals surface area contributed by atoms with Crippen molar-refractivity contribution in [2.45, 2.75) is 38.0 Å². The predicted octanol–water partition coefficient (Wildman–Crippen LogP) is 1.91. The van der Waals surface area contributed by atoms with E-state index in [2.05, 4.69) is 5.32 Å². The molecule has 0 aliphatic carbocycles. The number of carbonyl (C=O) groups is 3. The van der Waals surface area contributed by atoms with Crippen LogP contribution in [-0.4, -0.2) is 46.4 Å². The molecule has 1 saturated heterocycles. The first kappa shape index (κ1) is 22.7. The lowest BCUT2D eigenvalue weighted by molar-refractivity contribution is -0.385. The van der Waals surface area contributed by atoms with Crippen LogP contribution in [0.2, 0.25) is 0 Å². The molecule has 10 heteroatoms. The molecule has 2 aromatic rings. The van der Waals surface area contributed by atoms with Crippen molar-refractivity contribution in [2.75, 3.05) is 6.54 Å². The first-order chi connectivity index (χ1) is 15.4. The van der Waals surface area contributed by atoms with Gasteiger partial charge in [-0.1, -0.05) is 48.5 Å². The van der Waals surface area contributed by atoms with E-state index in [0.717, 1.165) is 5.56 Å². The Morgan fingerprint density at radius 1 is 1.16 bits per heavy atom. The average molecular weight is 440 g/mol. The number of primary amides is 1. The molecule has 1 heterocycles. The Morgan fingerprint density at radius 3 is 2.53 bits per heavy atom. The van der Waals surface area contributed by atoms with Crippen LogP contribution in [0.3, 0.4) is 0 Å². The fourth-order valence-corrected chi connectivity index (χ4v) is 3.63. The van der Waals surface area contributed by atoms with Crippen molar-refractivity contribution in [2.24, 2.45) is 5.73 Å². The SMILES string of the molecule is NC(=O)[C@H](Cc1ccccc1[N+](=O)[O-])NC(=O)[C@H]1CCCN1C(=O)OCc1ccccc1. The number of likely N-dealkylation sites (tertiary alicyclic amines) is 1. The molecule has 2 atom stereocenters. The van der Waals surface area contributed by atoms with Gasteiger partial charge in [-0.15, -0.1) is 0 Å². The number of amides is 3. The summed E-state index contributed by atoms with van der Waals surface area (Å²) in [5, 5.41) is 13.8. The number of benzene rings is 2. The second-order valence-electron chi connectivity index (χ2n) is 7.45. The Balaban J connectivity index is 1.64. The second-order valence-corrected chi connectivity index (χ2v) is 7.45. The van der Waals surface area contributed by atoms with Crippen LogP contribution < -0.4 is 11.1 Å². The van der Waals surface area contributed by atoms with Gasteiger partial charge in [-0.05, 0) is 18.4 Å². The quantitative estimate of drug-likeness (QED) is 0.474. The Labute approximate surface area is 184 Å². The van der Waals surface area contributed by atoms with Crippen molar-refractivity contribution in [3.05, 3.63) is 75.8 Å². The van der Waals surface area contributed by atoms with E-state index in [1.54, 1.807) is 6.07 Å². The monoisotopic (exact) mass is 440 g/mol. The average Bonchev–Trinajstić information content (AvgIpc) is 3.28. The number of nitro benzene ring substituents is 1. The van der Waals surface area contributed by atoms with Gasteiger partial charge in [0.2, 0.25) is 11.8 Å². The van der Waals surface area contributed by atoms with E-state index >= 15 is 0 Å². The number of rotatable bonds is 8. The molecule has 1 aliphatic rings. The van der Waals surface area contributed by atoms with Crippen molar-refractivity contribution in [1.82, 2.24) is 10.2 Å². The number of nitrogens with one attached hydrogen (secondary N) is 1. The second kappa shape index (κ2) is 10.4. The zero-order valence-electron chi connectivity index (χ0n) is 17.3. The summed E-state index contributed by atoms with van der Waals surface area (Å²) >= 11 is 0. The van der Waals surface area contributed by atoms with E-state index in [-0.39, 0.29) is 24.3 Å². The van der Waals surface area contributed by atoms with Crippen molar-refractivity contribution >= 4 is 23.6 Å². The molecule has 1 aliphatic heterocycles. The molecule has 0 radical (unpaired) electrons. The maximum atomic E-state index is 12.9. The summed E-state index contributed by atoms with van der Waals surface area (Å²) in [6.07, 6.45) is 0.247. The summed E-state index contributed by atoms with van der Waals surface area (Å²) in [5.74, 6) is -1.38. The molecule has 10 nitrogen and oxygen atoms in total. The van der Waals surface area contributed by atoms with Crippen LogP contribution in [0.4, 0.5) is 10.5 Å². The van der Waals surface area contributed by atoms with Gasteiger partial charge in [-0.2, -0.15) is 0 Å². The van der Waals surface area contributed by atoms with E-state index in [1.165, 1.54) is 23.1 Å². The van der Waals surface area contributed by atoms with Gasteiger partial charge < -0.3 is 15.8 Å².